The van der Waals surface area contributed by atoms with E-state index in [0.29, 0.717) is 6.42 Å². The average molecular weight is 398 g/mol. The number of hydrogen-bond donors (Lipinski definition) is 3. The van der Waals surface area contributed by atoms with E-state index in [2.05, 4.69) is 10.6 Å². The lowest BCUT2D eigenvalue weighted by molar-refractivity contribution is -0.142. The molecule has 0 heterocycles. The van der Waals surface area contributed by atoms with Crippen molar-refractivity contribution in [3.63, 3.8) is 0 Å². The van der Waals surface area contributed by atoms with Crippen LogP contribution in [0.1, 0.15) is 33.6 Å². The van der Waals surface area contributed by atoms with Crippen LogP contribution in [-0.4, -0.2) is 49.1 Å². The van der Waals surface area contributed by atoms with Crippen molar-refractivity contribution in [1.29, 1.82) is 0 Å². The maximum Gasteiger partial charge on any atom is 0.326 e. The van der Waals surface area contributed by atoms with Crippen molar-refractivity contribution in [2.45, 2.75) is 50.6 Å². The predicted molar refractivity (Wildman–Crippen MR) is 99.7 cm³/mol. The Hall–Kier alpha value is -2.42. The van der Waals surface area contributed by atoms with Gasteiger partial charge in [0.25, 0.3) is 0 Å². The molecule has 0 spiro atoms. The van der Waals surface area contributed by atoms with E-state index < -0.39 is 45.5 Å². The second-order valence-corrected chi connectivity index (χ2v) is 8.81. The number of carbonyl (C=O) groups is 3. The van der Waals surface area contributed by atoms with Crippen molar-refractivity contribution < 1.29 is 27.9 Å². The SMILES string of the molecule is CC(=O)N[C@@H](CC(C)C)C(=O)N[C@H](CCS(=O)(=O)c1ccccc1)C(=O)O. The normalized spacial score (nSPS) is 13.6. The largest absolute Gasteiger partial charge is 0.480 e. The molecule has 2 amide bonds. The van der Waals surface area contributed by atoms with Gasteiger partial charge in [-0.2, -0.15) is 0 Å². The van der Waals surface area contributed by atoms with Gasteiger partial charge < -0.3 is 15.7 Å². The molecule has 1 aromatic rings. The maximum atomic E-state index is 12.4. The summed E-state index contributed by atoms with van der Waals surface area (Å²) in [5.74, 6) is -2.73. The summed E-state index contributed by atoms with van der Waals surface area (Å²) in [7, 11) is -3.67. The highest BCUT2D eigenvalue weighted by atomic mass is 32.2. The smallest absolute Gasteiger partial charge is 0.326 e. The van der Waals surface area contributed by atoms with E-state index in [1.165, 1.54) is 19.1 Å². The Kier molecular flexibility index (Phi) is 8.42. The lowest BCUT2D eigenvalue weighted by Gasteiger charge is -2.22. The van der Waals surface area contributed by atoms with Crippen molar-refractivity contribution >= 4 is 27.6 Å². The Balaban J connectivity index is 2.82. The monoisotopic (exact) mass is 398 g/mol. The molecule has 0 saturated carbocycles. The van der Waals surface area contributed by atoms with Crippen LogP contribution in [-0.2, 0) is 24.2 Å². The highest BCUT2D eigenvalue weighted by Gasteiger charge is 2.28. The van der Waals surface area contributed by atoms with Crippen molar-refractivity contribution in [3.05, 3.63) is 30.3 Å². The van der Waals surface area contributed by atoms with Crippen molar-refractivity contribution in [1.82, 2.24) is 10.6 Å². The van der Waals surface area contributed by atoms with E-state index in [-0.39, 0.29) is 17.2 Å². The summed E-state index contributed by atoms with van der Waals surface area (Å²) in [6, 6.07) is 5.43. The quantitative estimate of drug-likeness (QED) is 0.538. The molecule has 8 nitrogen and oxygen atoms in total. The minimum absolute atomic E-state index is 0.0920. The lowest BCUT2D eigenvalue weighted by atomic mass is 10.0. The third-order valence-corrected chi connectivity index (χ3v) is 5.56. The van der Waals surface area contributed by atoms with Gasteiger partial charge >= 0.3 is 5.97 Å². The molecule has 1 aromatic carbocycles. The van der Waals surface area contributed by atoms with Crippen molar-refractivity contribution in [2.24, 2.45) is 5.92 Å². The topological polar surface area (TPSA) is 130 Å². The molecule has 9 heteroatoms. The van der Waals surface area contributed by atoms with E-state index in [9.17, 15) is 27.9 Å². The van der Waals surface area contributed by atoms with Gasteiger partial charge in [0, 0.05) is 6.92 Å². The number of carbonyl (C=O) groups excluding carboxylic acids is 2. The van der Waals surface area contributed by atoms with E-state index in [1.807, 2.05) is 13.8 Å². The maximum absolute atomic E-state index is 12.4. The molecule has 3 N–H and O–H groups in total. The average Bonchev–Trinajstić information content (AvgIpc) is 2.57. The van der Waals surface area contributed by atoms with Gasteiger partial charge in [-0.05, 0) is 30.9 Å². The number of carboxylic acid groups (broad SMARTS) is 1. The highest BCUT2D eigenvalue weighted by molar-refractivity contribution is 7.91. The standard InChI is InChI=1S/C18H26N2O6S/c1-12(2)11-16(19-13(3)21)17(22)20-15(18(23)24)9-10-27(25,26)14-7-5-4-6-8-14/h4-8,12,15-16H,9-11H2,1-3H3,(H,19,21)(H,20,22)(H,23,24)/t15-,16+/m1/s1. The Morgan fingerprint density at radius 3 is 2.11 bits per heavy atom. The molecule has 0 saturated heterocycles. The molecule has 0 bridgehead atoms. The highest BCUT2D eigenvalue weighted by Crippen LogP contribution is 2.13. The van der Waals surface area contributed by atoms with Crippen LogP contribution >= 0.6 is 0 Å². The van der Waals surface area contributed by atoms with Gasteiger partial charge in [0.15, 0.2) is 9.84 Å². The first kappa shape index (κ1) is 22.6. The molecule has 0 aliphatic carbocycles. The molecular formula is C18H26N2O6S. The second kappa shape index (κ2) is 10.1. The predicted octanol–water partition coefficient (Wildman–Crippen LogP) is 0.971. The molecule has 150 valence electrons. The van der Waals surface area contributed by atoms with Crippen LogP contribution in [0.4, 0.5) is 0 Å². The van der Waals surface area contributed by atoms with Gasteiger partial charge in [-0.1, -0.05) is 32.0 Å². The summed E-state index contributed by atoms with van der Waals surface area (Å²) in [6.07, 6.45) is 0.0484. The van der Waals surface area contributed by atoms with E-state index >= 15 is 0 Å². The minimum Gasteiger partial charge on any atom is -0.480 e. The Labute approximate surface area is 159 Å². The van der Waals surface area contributed by atoms with Crippen LogP contribution < -0.4 is 10.6 Å². The zero-order chi connectivity index (χ0) is 20.6. The molecule has 0 fully saturated rings. The van der Waals surface area contributed by atoms with Crippen LogP contribution in [0.5, 0.6) is 0 Å². The van der Waals surface area contributed by atoms with Crippen molar-refractivity contribution in [3.8, 4) is 0 Å². The molecule has 2 atom stereocenters. The number of benzene rings is 1. The fourth-order valence-corrected chi connectivity index (χ4v) is 3.85. The number of rotatable bonds is 10. The minimum atomic E-state index is -3.67. The van der Waals surface area contributed by atoms with Gasteiger partial charge in [0.2, 0.25) is 11.8 Å². The zero-order valence-electron chi connectivity index (χ0n) is 15.6. The molecule has 0 aliphatic rings. The summed E-state index contributed by atoms with van der Waals surface area (Å²) >= 11 is 0. The van der Waals surface area contributed by atoms with Gasteiger partial charge in [0.05, 0.1) is 10.6 Å². The van der Waals surface area contributed by atoms with Crippen LogP contribution in [0.15, 0.2) is 35.2 Å². The van der Waals surface area contributed by atoms with Crippen LogP contribution in [0.2, 0.25) is 0 Å². The lowest BCUT2D eigenvalue weighted by Crippen LogP contribution is -2.52. The number of carboxylic acids is 1. The molecule has 0 radical (unpaired) electrons. The van der Waals surface area contributed by atoms with Gasteiger partial charge in [-0.3, -0.25) is 9.59 Å². The number of sulfone groups is 1. The molecule has 27 heavy (non-hydrogen) atoms. The van der Waals surface area contributed by atoms with Crippen molar-refractivity contribution in [2.75, 3.05) is 5.75 Å². The van der Waals surface area contributed by atoms with Gasteiger partial charge in [0.1, 0.15) is 12.1 Å². The fraction of sp³-hybridized carbons (Fsp3) is 0.500. The van der Waals surface area contributed by atoms with E-state index in [1.54, 1.807) is 18.2 Å². The fourth-order valence-electron chi connectivity index (χ4n) is 2.50. The molecular weight excluding hydrogens is 372 g/mol. The summed E-state index contributed by atoms with van der Waals surface area (Å²) in [4.78, 5) is 35.2. The molecule has 0 unspecified atom stereocenters. The summed E-state index contributed by atoms with van der Waals surface area (Å²) < 4.78 is 24.6. The molecule has 1 rings (SSSR count). The first-order valence-electron chi connectivity index (χ1n) is 8.61. The second-order valence-electron chi connectivity index (χ2n) is 6.70. The first-order valence-corrected chi connectivity index (χ1v) is 10.3. The number of hydrogen-bond acceptors (Lipinski definition) is 5. The zero-order valence-corrected chi connectivity index (χ0v) is 16.5. The Bertz CT molecular complexity index is 761. The van der Waals surface area contributed by atoms with E-state index in [4.69, 9.17) is 0 Å². The summed E-state index contributed by atoms with van der Waals surface area (Å²) in [6.45, 7) is 4.99. The van der Waals surface area contributed by atoms with Gasteiger partial charge in [-0.15, -0.1) is 0 Å². The Morgan fingerprint density at radius 2 is 1.63 bits per heavy atom. The first-order chi connectivity index (χ1) is 12.5. The number of aliphatic carboxylic acids is 1. The van der Waals surface area contributed by atoms with E-state index in [0.717, 1.165) is 0 Å². The van der Waals surface area contributed by atoms with Gasteiger partial charge in [-0.25, -0.2) is 13.2 Å². The molecule has 0 aliphatic heterocycles. The third kappa shape index (κ3) is 7.78. The third-order valence-electron chi connectivity index (χ3n) is 3.79. The van der Waals surface area contributed by atoms with Crippen LogP contribution in [0.3, 0.4) is 0 Å². The molecule has 0 aromatic heterocycles. The summed E-state index contributed by atoms with van der Waals surface area (Å²) in [5.41, 5.74) is 0. The Morgan fingerprint density at radius 1 is 1.04 bits per heavy atom. The van der Waals surface area contributed by atoms with Crippen LogP contribution in [0, 0.1) is 5.92 Å². The number of amides is 2. The van der Waals surface area contributed by atoms with Crippen LogP contribution in [0.25, 0.3) is 0 Å². The number of nitrogens with one attached hydrogen (secondary N) is 2. The summed E-state index contributed by atoms with van der Waals surface area (Å²) in [5, 5.41) is 14.2.